The van der Waals surface area contributed by atoms with E-state index in [-0.39, 0.29) is 6.54 Å². The predicted molar refractivity (Wildman–Crippen MR) is 85.1 cm³/mol. The zero-order valence-corrected chi connectivity index (χ0v) is 13.2. The first-order chi connectivity index (χ1) is 10.7. The normalized spacial score (nSPS) is 11.3. The van der Waals surface area contributed by atoms with Gasteiger partial charge in [0.2, 0.25) is 5.91 Å². The molecule has 1 heterocycles. The van der Waals surface area contributed by atoms with Crippen LogP contribution in [0.3, 0.4) is 0 Å². The number of nitrogens with zero attached hydrogens (tertiary/aromatic N) is 1. The average molecular weight is 317 g/mol. The number of carboxylic acid groups (broad SMARTS) is 1. The summed E-state index contributed by atoms with van der Waals surface area (Å²) in [6.45, 7) is 2.57. The second kappa shape index (κ2) is 6.12. The van der Waals surface area contributed by atoms with E-state index in [2.05, 4.69) is 10.3 Å². The van der Waals surface area contributed by atoms with Crippen LogP contribution in [-0.2, 0) is 9.59 Å². The number of aliphatic carboxylic acids is 1. The van der Waals surface area contributed by atoms with Crippen molar-refractivity contribution in [2.24, 2.45) is 0 Å². The molecule has 0 spiro atoms. The summed E-state index contributed by atoms with van der Waals surface area (Å²) in [6.07, 6.45) is 0. The Labute approximate surface area is 133 Å². The van der Waals surface area contributed by atoms with E-state index in [0.29, 0.717) is 5.69 Å². The number of amides is 2. The lowest BCUT2D eigenvalue weighted by Crippen LogP contribution is -2.53. The Morgan fingerprint density at radius 2 is 1.91 bits per heavy atom. The van der Waals surface area contributed by atoms with E-state index in [9.17, 15) is 14.4 Å². The zero-order valence-electron chi connectivity index (χ0n) is 13.2. The summed E-state index contributed by atoms with van der Waals surface area (Å²) in [6, 6.07) is 9.13. The maximum Gasteiger partial charge on any atom is 0.329 e. The molecule has 1 aromatic heterocycles. The van der Waals surface area contributed by atoms with E-state index in [0.717, 1.165) is 15.8 Å². The van der Waals surface area contributed by atoms with Gasteiger partial charge in [-0.1, -0.05) is 18.2 Å². The number of benzene rings is 1. The number of rotatable bonds is 5. The van der Waals surface area contributed by atoms with Gasteiger partial charge in [-0.25, -0.2) is 4.79 Å². The highest BCUT2D eigenvalue weighted by molar-refractivity contribution is 5.99. The van der Waals surface area contributed by atoms with Crippen molar-refractivity contribution >= 4 is 28.7 Å². The van der Waals surface area contributed by atoms with Gasteiger partial charge in [-0.15, -0.1) is 0 Å². The molecule has 2 rings (SSSR count). The van der Waals surface area contributed by atoms with Gasteiger partial charge in [-0.05, 0) is 26.0 Å². The third kappa shape index (κ3) is 3.33. The fourth-order valence-corrected chi connectivity index (χ4v) is 2.02. The zero-order chi connectivity index (χ0) is 17.2. The van der Waals surface area contributed by atoms with Crippen molar-refractivity contribution in [2.45, 2.75) is 19.4 Å². The Kier molecular flexibility index (Phi) is 4.40. The van der Waals surface area contributed by atoms with Gasteiger partial charge < -0.3 is 20.3 Å². The van der Waals surface area contributed by atoms with E-state index < -0.39 is 23.3 Å². The van der Waals surface area contributed by atoms with Crippen LogP contribution < -0.4 is 5.32 Å². The Balaban J connectivity index is 2.01. The summed E-state index contributed by atoms with van der Waals surface area (Å²) in [7, 11) is 1.39. The summed E-state index contributed by atoms with van der Waals surface area (Å²) in [5.41, 5.74) is -0.171. The number of likely N-dealkylation sites (N-methyl/N-ethyl adjacent to an activating group) is 1. The van der Waals surface area contributed by atoms with Crippen LogP contribution in [0.2, 0.25) is 0 Å². The van der Waals surface area contributed by atoms with Crippen molar-refractivity contribution in [1.82, 2.24) is 15.2 Å². The van der Waals surface area contributed by atoms with Crippen molar-refractivity contribution in [2.75, 3.05) is 13.6 Å². The fraction of sp³-hybridized carbons (Fsp3) is 0.312. The lowest BCUT2D eigenvalue weighted by Gasteiger charge is -2.31. The number of aromatic amines is 1. The summed E-state index contributed by atoms with van der Waals surface area (Å²) in [5, 5.41) is 12.5. The lowest BCUT2D eigenvalue weighted by atomic mass is 10.0. The van der Waals surface area contributed by atoms with Crippen LogP contribution in [0.4, 0.5) is 0 Å². The predicted octanol–water partition coefficient (Wildman–Crippen LogP) is 1.22. The number of carbonyl (C=O) groups is 3. The van der Waals surface area contributed by atoms with Gasteiger partial charge in [0, 0.05) is 18.0 Å². The summed E-state index contributed by atoms with van der Waals surface area (Å²) >= 11 is 0. The largest absolute Gasteiger partial charge is 0.480 e. The van der Waals surface area contributed by atoms with Crippen LogP contribution in [0.15, 0.2) is 30.3 Å². The van der Waals surface area contributed by atoms with E-state index in [1.54, 1.807) is 6.07 Å². The number of fused-ring (bicyclic) bond motifs is 1. The molecule has 2 amide bonds. The monoisotopic (exact) mass is 317 g/mol. The van der Waals surface area contributed by atoms with Gasteiger partial charge >= 0.3 is 5.97 Å². The topological polar surface area (TPSA) is 103 Å². The molecule has 7 heteroatoms. The molecule has 1 aromatic carbocycles. The molecule has 3 N–H and O–H groups in total. The van der Waals surface area contributed by atoms with Crippen molar-refractivity contribution in [3.63, 3.8) is 0 Å². The van der Waals surface area contributed by atoms with E-state index >= 15 is 0 Å². The summed E-state index contributed by atoms with van der Waals surface area (Å²) in [5.74, 6) is -2.02. The molecule has 122 valence electrons. The quantitative estimate of drug-likeness (QED) is 0.771. The van der Waals surface area contributed by atoms with Crippen LogP contribution in [0, 0.1) is 0 Å². The van der Waals surface area contributed by atoms with Crippen molar-refractivity contribution in [3.8, 4) is 0 Å². The molecule has 0 bridgehead atoms. The third-order valence-electron chi connectivity index (χ3n) is 3.91. The third-order valence-corrected chi connectivity index (χ3v) is 3.91. The van der Waals surface area contributed by atoms with Gasteiger partial charge in [0.1, 0.15) is 11.2 Å². The minimum atomic E-state index is -1.34. The Morgan fingerprint density at radius 1 is 1.26 bits per heavy atom. The molecule has 0 atom stereocenters. The van der Waals surface area contributed by atoms with E-state index in [1.807, 2.05) is 24.3 Å². The minimum absolute atomic E-state index is 0.276. The van der Waals surface area contributed by atoms with Gasteiger partial charge in [-0.3, -0.25) is 9.59 Å². The molecule has 23 heavy (non-hydrogen) atoms. The summed E-state index contributed by atoms with van der Waals surface area (Å²) in [4.78, 5) is 39.3. The highest BCUT2D eigenvalue weighted by Gasteiger charge is 2.35. The fourth-order valence-electron chi connectivity index (χ4n) is 2.02. The first-order valence-corrected chi connectivity index (χ1v) is 7.09. The van der Waals surface area contributed by atoms with Crippen molar-refractivity contribution in [1.29, 1.82) is 0 Å². The van der Waals surface area contributed by atoms with Gasteiger partial charge in [0.25, 0.3) is 5.91 Å². The number of hydrogen-bond donors (Lipinski definition) is 3. The number of aromatic nitrogens is 1. The average Bonchev–Trinajstić information content (AvgIpc) is 2.95. The molecule has 0 saturated carbocycles. The molecule has 2 aromatic rings. The Bertz CT molecular complexity index is 731. The second-order valence-corrected chi connectivity index (χ2v) is 5.77. The second-order valence-electron chi connectivity index (χ2n) is 5.77. The summed E-state index contributed by atoms with van der Waals surface area (Å²) < 4.78 is 0. The molecule has 0 aliphatic heterocycles. The molecule has 0 fully saturated rings. The van der Waals surface area contributed by atoms with Crippen LogP contribution in [-0.4, -0.2) is 51.9 Å². The smallest absolute Gasteiger partial charge is 0.329 e. The lowest BCUT2D eigenvalue weighted by molar-refractivity contribution is -0.154. The molecule has 0 unspecified atom stereocenters. The number of carbonyl (C=O) groups excluding carboxylic acids is 2. The number of para-hydroxylation sites is 1. The van der Waals surface area contributed by atoms with Crippen LogP contribution in [0.5, 0.6) is 0 Å². The number of hydrogen-bond acceptors (Lipinski definition) is 3. The van der Waals surface area contributed by atoms with Crippen molar-refractivity contribution in [3.05, 3.63) is 36.0 Å². The maximum atomic E-state index is 12.1. The molecule has 7 nitrogen and oxygen atoms in total. The van der Waals surface area contributed by atoms with Gasteiger partial charge in [-0.2, -0.15) is 0 Å². The standard InChI is InChI=1S/C16H19N3O4/c1-16(2,15(22)23)19(3)13(20)9-17-14(21)12-8-10-6-4-5-7-11(10)18-12/h4-8,18H,9H2,1-3H3,(H,17,21)(H,22,23). The van der Waals surface area contributed by atoms with Gasteiger partial charge in [0.15, 0.2) is 0 Å². The number of nitrogens with one attached hydrogen (secondary N) is 2. The molecular weight excluding hydrogens is 298 g/mol. The first kappa shape index (κ1) is 16.5. The molecule has 0 saturated heterocycles. The number of H-pyrrole nitrogens is 1. The molecular formula is C16H19N3O4. The minimum Gasteiger partial charge on any atom is -0.480 e. The highest BCUT2D eigenvalue weighted by atomic mass is 16.4. The number of carboxylic acids is 1. The maximum absolute atomic E-state index is 12.1. The van der Waals surface area contributed by atoms with Crippen LogP contribution in [0.25, 0.3) is 10.9 Å². The highest BCUT2D eigenvalue weighted by Crippen LogP contribution is 2.15. The van der Waals surface area contributed by atoms with Gasteiger partial charge in [0.05, 0.1) is 6.54 Å². The first-order valence-electron chi connectivity index (χ1n) is 7.09. The Morgan fingerprint density at radius 3 is 2.52 bits per heavy atom. The Hall–Kier alpha value is -2.83. The van der Waals surface area contributed by atoms with Crippen molar-refractivity contribution < 1.29 is 19.5 Å². The van der Waals surface area contributed by atoms with E-state index in [4.69, 9.17) is 5.11 Å². The molecule has 0 aliphatic rings. The molecule has 0 aliphatic carbocycles. The van der Waals surface area contributed by atoms with Crippen LogP contribution >= 0.6 is 0 Å². The van der Waals surface area contributed by atoms with Crippen LogP contribution in [0.1, 0.15) is 24.3 Å². The van der Waals surface area contributed by atoms with E-state index in [1.165, 1.54) is 20.9 Å². The molecule has 0 radical (unpaired) electrons. The SMILES string of the molecule is CN(C(=O)CNC(=O)c1cc2ccccc2[nH]1)C(C)(C)C(=O)O.